The van der Waals surface area contributed by atoms with Crippen LogP contribution in [0.2, 0.25) is 0 Å². The molecule has 0 radical (unpaired) electrons. The van der Waals surface area contributed by atoms with E-state index in [1.165, 1.54) is 5.56 Å². The van der Waals surface area contributed by atoms with Gasteiger partial charge in [0, 0.05) is 37.6 Å². The van der Waals surface area contributed by atoms with Crippen LogP contribution in [-0.2, 0) is 9.53 Å². The molecule has 0 bridgehead atoms. The zero-order valence-corrected chi connectivity index (χ0v) is 24.9. The van der Waals surface area contributed by atoms with Crippen molar-refractivity contribution in [1.29, 1.82) is 0 Å². The maximum Gasteiger partial charge on any atom is 0.293 e. The van der Waals surface area contributed by atoms with E-state index in [-0.39, 0.29) is 11.7 Å². The summed E-state index contributed by atoms with van der Waals surface area (Å²) in [5, 5.41) is 3.87. The van der Waals surface area contributed by atoms with Gasteiger partial charge in [-0.15, -0.1) is 0 Å². The maximum atomic E-state index is 13.7. The standard InChI is InChI=1S/C27H35F3N4O2.C4H10/c1-5-13-34(14-12-24(36-19-35)18-33(4)23-9-6-20(2)7-10-23)17-21(3)15-31-32-16-22-8-11-25(28)27(30)26(22)29;1-4(2)3/h6-11,15-16,19,24,31H,5,12-14,17-18H2,1-4H3;4H,1-3H3/b21-15+,32-16+;. The molecule has 0 fully saturated rings. The van der Waals surface area contributed by atoms with E-state index in [4.69, 9.17) is 4.74 Å². The molecule has 2 aromatic rings. The number of rotatable bonds is 15. The van der Waals surface area contributed by atoms with Gasteiger partial charge in [0.15, 0.2) is 17.5 Å². The molecule has 6 nitrogen and oxygen atoms in total. The molecule has 0 saturated heterocycles. The molecule has 0 heterocycles. The molecule has 0 aliphatic carbocycles. The van der Waals surface area contributed by atoms with Gasteiger partial charge < -0.3 is 9.64 Å². The Hall–Kier alpha value is -3.33. The molecule has 0 saturated carbocycles. The molecular formula is C31H45F3N4O2. The van der Waals surface area contributed by atoms with Gasteiger partial charge >= 0.3 is 0 Å². The Balaban J connectivity index is 0.00000187. The minimum atomic E-state index is -1.53. The molecule has 2 aromatic carbocycles. The summed E-state index contributed by atoms with van der Waals surface area (Å²) in [4.78, 5) is 15.4. The fourth-order valence-corrected chi connectivity index (χ4v) is 3.70. The number of benzene rings is 2. The zero-order chi connectivity index (χ0) is 30.1. The predicted octanol–water partition coefficient (Wildman–Crippen LogP) is 6.68. The van der Waals surface area contributed by atoms with Crippen molar-refractivity contribution < 1.29 is 22.7 Å². The number of nitrogens with zero attached hydrogens (tertiary/aromatic N) is 3. The third-order valence-corrected chi connectivity index (χ3v) is 5.63. The van der Waals surface area contributed by atoms with Crippen LogP contribution >= 0.6 is 0 Å². The van der Waals surface area contributed by atoms with Gasteiger partial charge in [0.2, 0.25) is 0 Å². The fourth-order valence-electron chi connectivity index (χ4n) is 3.70. The van der Waals surface area contributed by atoms with Gasteiger partial charge in [0.05, 0.1) is 12.8 Å². The van der Waals surface area contributed by atoms with Crippen LogP contribution in [0.25, 0.3) is 0 Å². The van der Waals surface area contributed by atoms with Crippen LogP contribution in [0.15, 0.2) is 53.3 Å². The molecule has 0 amide bonds. The first-order chi connectivity index (χ1) is 19.0. The van der Waals surface area contributed by atoms with Gasteiger partial charge in [-0.1, -0.05) is 45.4 Å². The Labute approximate surface area is 237 Å². The number of hydrogen-bond donors (Lipinski definition) is 1. The number of carbonyl (C=O) groups is 1. The summed E-state index contributed by atoms with van der Waals surface area (Å²) in [6.45, 7) is 15.9. The minimum absolute atomic E-state index is 0.156. The lowest BCUT2D eigenvalue weighted by Gasteiger charge is -2.28. The van der Waals surface area contributed by atoms with Crippen LogP contribution in [0.5, 0.6) is 0 Å². The monoisotopic (exact) mass is 562 g/mol. The number of halogens is 3. The number of nitrogens with one attached hydrogen (secondary N) is 1. The van der Waals surface area contributed by atoms with Crippen molar-refractivity contribution >= 4 is 18.4 Å². The van der Waals surface area contributed by atoms with Crippen molar-refractivity contribution in [3.63, 3.8) is 0 Å². The third-order valence-electron chi connectivity index (χ3n) is 5.63. The van der Waals surface area contributed by atoms with Gasteiger partial charge in [-0.05, 0) is 69.0 Å². The second kappa shape index (κ2) is 18.9. The molecule has 1 N–H and O–H groups in total. The third kappa shape index (κ3) is 13.6. The number of likely N-dealkylation sites (N-methyl/N-ethyl adjacent to an activating group) is 1. The molecule has 222 valence electrons. The Morgan fingerprint density at radius 3 is 2.30 bits per heavy atom. The molecule has 9 heteroatoms. The fraction of sp³-hybridized carbons (Fsp3) is 0.484. The van der Waals surface area contributed by atoms with E-state index >= 15 is 0 Å². The summed E-state index contributed by atoms with van der Waals surface area (Å²) in [6.07, 6.45) is 4.13. The Morgan fingerprint density at radius 2 is 1.70 bits per heavy atom. The smallest absolute Gasteiger partial charge is 0.293 e. The van der Waals surface area contributed by atoms with Crippen molar-refractivity contribution in [2.45, 2.75) is 60.5 Å². The first-order valence-corrected chi connectivity index (χ1v) is 13.6. The maximum absolute atomic E-state index is 13.7. The topological polar surface area (TPSA) is 57.2 Å². The summed E-state index contributed by atoms with van der Waals surface area (Å²) in [7, 11) is 1.97. The molecule has 0 aliphatic rings. The number of anilines is 1. The average molecular weight is 563 g/mol. The van der Waals surface area contributed by atoms with Gasteiger partial charge in [-0.2, -0.15) is 5.10 Å². The Morgan fingerprint density at radius 1 is 1.05 bits per heavy atom. The van der Waals surface area contributed by atoms with Crippen molar-refractivity contribution in [2.24, 2.45) is 11.0 Å². The zero-order valence-electron chi connectivity index (χ0n) is 24.9. The number of ether oxygens (including phenoxy) is 1. The Kier molecular flexibility index (Phi) is 16.4. The highest BCUT2D eigenvalue weighted by atomic mass is 19.2. The number of aryl methyl sites for hydroxylation is 1. The van der Waals surface area contributed by atoms with E-state index in [0.29, 0.717) is 26.0 Å². The highest BCUT2D eigenvalue weighted by Gasteiger charge is 2.16. The summed E-state index contributed by atoms with van der Waals surface area (Å²) in [5.41, 5.74) is 5.75. The molecule has 0 aliphatic heterocycles. The summed E-state index contributed by atoms with van der Waals surface area (Å²) >= 11 is 0. The number of hydrogen-bond acceptors (Lipinski definition) is 6. The van der Waals surface area contributed by atoms with Crippen LogP contribution in [0.3, 0.4) is 0 Å². The largest absolute Gasteiger partial charge is 0.463 e. The van der Waals surface area contributed by atoms with Crippen molar-refractivity contribution in [3.05, 3.63) is 76.7 Å². The summed E-state index contributed by atoms with van der Waals surface area (Å²) < 4.78 is 45.4. The molecule has 0 aromatic heterocycles. The first-order valence-electron chi connectivity index (χ1n) is 13.6. The SMILES string of the molecule is CC(C)C.CCCN(CCC(CN(C)c1ccc(C)cc1)OC=O)C/C(C)=C/N/N=C/c1ccc(F)c(F)c1F. The van der Waals surface area contributed by atoms with E-state index in [0.717, 1.165) is 55.0 Å². The lowest BCUT2D eigenvalue weighted by Crippen LogP contribution is -2.35. The molecule has 1 atom stereocenters. The van der Waals surface area contributed by atoms with Crippen molar-refractivity contribution in [1.82, 2.24) is 10.3 Å². The van der Waals surface area contributed by atoms with Crippen LogP contribution in [-0.4, -0.2) is 56.9 Å². The highest BCUT2D eigenvalue weighted by molar-refractivity contribution is 5.79. The molecule has 2 rings (SSSR count). The quantitative estimate of drug-likeness (QED) is 0.114. The van der Waals surface area contributed by atoms with E-state index in [2.05, 4.69) is 48.0 Å². The predicted molar refractivity (Wildman–Crippen MR) is 158 cm³/mol. The second-order valence-electron chi connectivity index (χ2n) is 10.5. The molecule has 1 unspecified atom stereocenters. The molecule has 40 heavy (non-hydrogen) atoms. The van der Waals surface area contributed by atoms with Crippen LogP contribution in [0, 0.1) is 30.3 Å². The van der Waals surface area contributed by atoms with Crippen LogP contribution in [0.1, 0.15) is 58.6 Å². The lowest BCUT2D eigenvalue weighted by atomic mass is 10.1. The Bertz CT molecular complexity index is 1070. The normalized spacial score (nSPS) is 12.3. The summed E-state index contributed by atoms with van der Waals surface area (Å²) in [5.74, 6) is -3.22. The van der Waals surface area contributed by atoms with Crippen LogP contribution < -0.4 is 10.3 Å². The van der Waals surface area contributed by atoms with E-state index < -0.39 is 17.5 Å². The van der Waals surface area contributed by atoms with Gasteiger partial charge in [-0.25, -0.2) is 13.2 Å². The molecular weight excluding hydrogens is 517 g/mol. The van der Waals surface area contributed by atoms with Gasteiger partial charge in [0.1, 0.15) is 6.10 Å². The second-order valence-corrected chi connectivity index (χ2v) is 10.5. The van der Waals surface area contributed by atoms with E-state index in [1.807, 2.05) is 45.2 Å². The van der Waals surface area contributed by atoms with E-state index in [1.54, 1.807) is 6.20 Å². The number of hydrazone groups is 1. The van der Waals surface area contributed by atoms with Gasteiger partial charge in [0.25, 0.3) is 6.47 Å². The van der Waals surface area contributed by atoms with Crippen molar-refractivity contribution in [3.8, 4) is 0 Å². The van der Waals surface area contributed by atoms with Gasteiger partial charge in [-0.3, -0.25) is 15.1 Å². The van der Waals surface area contributed by atoms with E-state index in [9.17, 15) is 18.0 Å². The molecule has 0 spiro atoms. The summed E-state index contributed by atoms with van der Waals surface area (Å²) in [6, 6.07) is 10.1. The average Bonchev–Trinajstić information content (AvgIpc) is 2.89. The lowest BCUT2D eigenvalue weighted by molar-refractivity contribution is -0.133. The first kappa shape index (κ1) is 34.7. The van der Waals surface area contributed by atoms with Crippen LogP contribution in [0.4, 0.5) is 18.9 Å². The van der Waals surface area contributed by atoms with Crippen molar-refractivity contribution in [2.75, 3.05) is 38.1 Å². The minimum Gasteiger partial charge on any atom is -0.463 e. The number of carbonyl (C=O) groups excluding carboxylic acids is 1. The highest BCUT2D eigenvalue weighted by Crippen LogP contribution is 2.16.